The van der Waals surface area contributed by atoms with E-state index < -0.39 is 0 Å². The standard InChI is InChI=1S/C42H28BN3/c1-4-15-29(16-5-1)44-36-23-12-10-21-32(36)33-27-35-41(28-40(33)44)46(31-19-8-3-9-20-31)39-26-14-25-38-42(39)43(35)34-22-11-13-24-37(34)45(38)30-17-6-2-7-18-30/h1-28H. The number of fused-ring (bicyclic) bond motifs is 7. The van der Waals surface area contributed by atoms with Crippen LogP contribution < -0.4 is 26.2 Å². The van der Waals surface area contributed by atoms with Crippen molar-refractivity contribution < 1.29 is 0 Å². The minimum Gasteiger partial charge on any atom is -0.311 e. The van der Waals surface area contributed by atoms with E-state index in [0.717, 1.165) is 5.69 Å². The molecule has 7 aromatic carbocycles. The molecule has 8 aromatic rings. The van der Waals surface area contributed by atoms with Gasteiger partial charge in [-0.15, -0.1) is 0 Å². The van der Waals surface area contributed by atoms with Gasteiger partial charge in [-0.1, -0.05) is 103 Å². The van der Waals surface area contributed by atoms with Gasteiger partial charge in [-0.05, 0) is 83.1 Å². The van der Waals surface area contributed by atoms with E-state index in [4.69, 9.17) is 0 Å². The third-order valence-corrected chi connectivity index (χ3v) is 9.74. The summed E-state index contributed by atoms with van der Waals surface area (Å²) in [4.78, 5) is 4.92. The molecule has 0 fully saturated rings. The van der Waals surface area contributed by atoms with E-state index in [1.807, 2.05) is 0 Å². The monoisotopic (exact) mass is 585 g/mol. The van der Waals surface area contributed by atoms with Crippen molar-refractivity contribution >= 4 is 79.0 Å². The zero-order valence-electron chi connectivity index (χ0n) is 25.1. The molecule has 0 N–H and O–H groups in total. The van der Waals surface area contributed by atoms with Gasteiger partial charge >= 0.3 is 0 Å². The lowest BCUT2D eigenvalue weighted by Gasteiger charge is -2.44. The van der Waals surface area contributed by atoms with E-state index in [-0.39, 0.29) is 6.71 Å². The smallest absolute Gasteiger partial charge is 0.252 e. The minimum atomic E-state index is 0.0839. The van der Waals surface area contributed by atoms with Crippen LogP contribution in [0.2, 0.25) is 0 Å². The van der Waals surface area contributed by atoms with Gasteiger partial charge in [0.1, 0.15) is 0 Å². The van der Waals surface area contributed by atoms with Gasteiger partial charge in [0.25, 0.3) is 6.71 Å². The lowest BCUT2D eigenvalue weighted by atomic mass is 9.33. The number of hydrogen-bond acceptors (Lipinski definition) is 2. The molecule has 0 atom stereocenters. The Morgan fingerprint density at radius 3 is 1.59 bits per heavy atom. The van der Waals surface area contributed by atoms with E-state index in [2.05, 4.69) is 184 Å². The van der Waals surface area contributed by atoms with Crippen LogP contribution in [0.5, 0.6) is 0 Å². The van der Waals surface area contributed by atoms with Crippen molar-refractivity contribution in [3.8, 4) is 5.69 Å². The first-order valence-electron chi connectivity index (χ1n) is 15.9. The maximum Gasteiger partial charge on any atom is 0.252 e. The van der Waals surface area contributed by atoms with Gasteiger partial charge in [0.05, 0.1) is 11.0 Å². The van der Waals surface area contributed by atoms with Gasteiger partial charge in [0.15, 0.2) is 0 Å². The Labute approximate surface area is 268 Å². The molecule has 10 rings (SSSR count). The van der Waals surface area contributed by atoms with Gasteiger partial charge in [-0.25, -0.2) is 0 Å². The number of aromatic nitrogens is 1. The van der Waals surface area contributed by atoms with Crippen LogP contribution in [0.25, 0.3) is 27.5 Å². The van der Waals surface area contributed by atoms with Gasteiger partial charge in [0.2, 0.25) is 0 Å². The highest BCUT2D eigenvalue weighted by Crippen LogP contribution is 2.45. The Morgan fingerprint density at radius 2 is 0.891 bits per heavy atom. The second-order valence-corrected chi connectivity index (χ2v) is 12.2. The Morgan fingerprint density at radius 1 is 0.348 bits per heavy atom. The number of anilines is 6. The quantitative estimate of drug-likeness (QED) is 0.192. The van der Waals surface area contributed by atoms with Crippen molar-refractivity contribution in [3.05, 3.63) is 170 Å². The summed E-state index contributed by atoms with van der Waals surface area (Å²) in [7, 11) is 0. The molecule has 0 aliphatic carbocycles. The van der Waals surface area contributed by atoms with E-state index in [9.17, 15) is 0 Å². The molecule has 0 saturated carbocycles. The van der Waals surface area contributed by atoms with Crippen LogP contribution in [0.3, 0.4) is 0 Å². The molecule has 2 aliphatic rings. The van der Waals surface area contributed by atoms with Crippen LogP contribution in [0, 0.1) is 0 Å². The van der Waals surface area contributed by atoms with Gasteiger partial charge in [-0.2, -0.15) is 0 Å². The van der Waals surface area contributed by atoms with Gasteiger partial charge < -0.3 is 14.4 Å². The summed E-state index contributed by atoms with van der Waals surface area (Å²) in [5, 5.41) is 2.54. The van der Waals surface area contributed by atoms with Crippen molar-refractivity contribution in [1.29, 1.82) is 0 Å². The maximum atomic E-state index is 2.49. The second-order valence-electron chi connectivity index (χ2n) is 12.2. The van der Waals surface area contributed by atoms with E-state index in [1.165, 1.54) is 72.3 Å². The molecule has 46 heavy (non-hydrogen) atoms. The average molecular weight is 586 g/mol. The first kappa shape index (κ1) is 25.3. The summed E-state index contributed by atoms with van der Waals surface area (Å²) in [6.45, 7) is 0.0839. The summed E-state index contributed by atoms with van der Waals surface area (Å²) in [6.07, 6.45) is 0. The molecule has 3 heterocycles. The highest BCUT2D eigenvalue weighted by molar-refractivity contribution is 7.00. The van der Waals surface area contributed by atoms with Crippen molar-refractivity contribution in [2.75, 3.05) is 9.80 Å². The van der Waals surface area contributed by atoms with Crippen molar-refractivity contribution in [2.45, 2.75) is 0 Å². The summed E-state index contributed by atoms with van der Waals surface area (Å²) in [6, 6.07) is 61.9. The van der Waals surface area contributed by atoms with Crippen LogP contribution in [-0.4, -0.2) is 11.3 Å². The molecule has 0 spiro atoms. The molecular formula is C42H28BN3. The largest absolute Gasteiger partial charge is 0.311 e. The third kappa shape index (κ3) is 3.50. The predicted molar refractivity (Wildman–Crippen MR) is 195 cm³/mol. The summed E-state index contributed by atoms with van der Waals surface area (Å²) in [5.74, 6) is 0. The zero-order valence-corrected chi connectivity index (χ0v) is 25.1. The number of nitrogens with zero attached hydrogens (tertiary/aromatic N) is 3. The zero-order chi connectivity index (χ0) is 30.2. The fourth-order valence-corrected chi connectivity index (χ4v) is 7.91. The highest BCUT2D eigenvalue weighted by Gasteiger charge is 2.43. The molecule has 1 aromatic heterocycles. The van der Waals surface area contributed by atoms with E-state index in [1.54, 1.807) is 0 Å². The molecule has 0 saturated heterocycles. The minimum absolute atomic E-state index is 0.0839. The third-order valence-electron chi connectivity index (χ3n) is 9.74. The molecule has 2 aliphatic heterocycles. The van der Waals surface area contributed by atoms with Crippen LogP contribution in [-0.2, 0) is 0 Å². The lowest BCUT2D eigenvalue weighted by Crippen LogP contribution is -2.61. The Kier molecular flexibility index (Phi) is 5.37. The summed E-state index contributed by atoms with van der Waals surface area (Å²) in [5.41, 5.74) is 14.8. The summed E-state index contributed by atoms with van der Waals surface area (Å²) < 4.78 is 2.42. The van der Waals surface area contributed by atoms with Gasteiger partial charge in [-0.3, -0.25) is 0 Å². The molecule has 0 amide bonds. The molecule has 0 bridgehead atoms. The molecule has 214 valence electrons. The topological polar surface area (TPSA) is 11.4 Å². The van der Waals surface area contributed by atoms with Crippen molar-refractivity contribution in [2.24, 2.45) is 0 Å². The molecular weight excluding hydrogens is 557 g/mol. The normalized spacial score (nSPS) is 13.1. The Hall–Kier alpha value is -6.00. The van der Waals surface area contributed by atoms with E-state index in [0.29, 0.717) is 0 Å². The van der Waals surface area contributed by atoms with Gasteiger partial charge in [0, 0.05) is 50.6 Å². The van der Waals surface area contributed by atoms with Crippen LogP contribution in [0.4, 0.5) is 34.1 Å². The highest BCUT2D eigenvalue weighted by atomic mass is 15.2. The number of rotatable bonds is 3. The fraction of sp³-hybridized carbons (Fsp3) is 0. The van der Waals surface area contributed by atoms with Crippen molar-refractivity contribution in [1.82, 2.24) is 4.57 Å². The summed E-state index contributed by atoms with van der Waals surface area (Å²) >= 11 is 0. The first-order chi connectivity index (χ1) is 22.9. The number of para-hydroxylation sites is 5. The molecule has 0 radical (unpaired) electrons. The van der Waals surface area contributed by atoms with Crippen LogP contribution in [0.1, 0.15) is 0 Å². The molecule has 4 heteroatoms. The van der Waals surface area contributed by atoms with Crippen LogP contribution >= 0.6 is 0 Å². The fourth-order valence-electron chi connectivity index (χ4n) is 7.91. The SMILES string of the molecule is c1ccc(N2c3ccccc3B3c4cc5c6ccccc6n(-c6ccccc6)c5cc4N(c4ccccc4)c4cccc2c43)cc1. The number of benzene rings is 7. The Balaban J connectivity index is 1.35. The maximum absolute atomic E-state index is 2.49. The lowest BCUT2D eigenvalue weighted by molar-refractivity contribution is 1.18. The molecule has 0 unspecified atom stereocenters. The number of hydrogen-bond donors (Lipinski definition) is 0. The first-order valence-corrected chi connectivity index (χ1v) is 15.9. The molecule has 3 nitrogen and oxygen atoms in total. The van der Waals surface area contributed by atoms with Crippen molar-refractivity contribution in [3.63, 3.8) is 0 Å². The average Bonchev–Trinajstić information content (AvgIpc) is 3.45. The Bertz CT molecular complexity index is 2430. The predicted octanol–water partition coefficient (Wildman–Crippen LogP) is 8.87. The van der Waals surface area contributed by atoms with Crippen LogP contribution in [0.15, 0.2) is 170 Å². The van der Waals surface area contributed by atoms with E-state index >= 15 is 0 Å². The second kappa shape index (κ2) is 9.75.